The second-order valence-electron chi connectivity index (χ2n) is 5.03. The Bertz CT molecular complexity index is 710. The van der Waals surface area contributed by atoms with Crippen LogP contribution in [0, 0.1) is 18.6 Å². The molecule has 1 unspecified atom stereocenters. The highest BCUT2D eigenvalue weighted by Crippen LogP contribution is 2.23. The van der Waals surface area contributed by atoms with Crippen LogP contribution in [0.5, 0.6) is 0 Å². The lowest BCUT2D eigenvalue weighted by Gasteiger charge is -2.18. The fourth-order valence-corrected chi connectivity index (χ4v) is 2.19. The molecular weight excluding hydrogens is 274 g/mol. The molecule has 112 valence electrons. The summed E-state index contributed by atoms with van der Waals surface area (Å²) >= 11 is 0. The number of benzene rings is 1. The fourth-order valence-electron chi connectivity index (χ4n) is 2.19. The third kappa shape index (κ3) is 3.29. The molecule has 0 fully saturated rings. The first kappa shape index (κ1) is 15.2. The summed E-state index contributed by atoms with van der Waals surface area (Å²) in [5.74, 6) is -0.878. The Labute approximate surface area is 122 Å². The molecule has 0 amide bonds. The normalized spacial score (nSPS) is 12.2. The zero-order valence-electron chi connectivity index (χ0n) is 12.3. The van der Waals surface area contributed by atoms with E-state index in [0.717, 1.165) is 0 Å². The summed E-state index contributed by atoms with van der Waals surface area (Å²) in [6.07, 6.45) is 1.67. The van der Waals surface area contributed by atoms with Crippen LogP contribution in [-0.4, -0.2) is 4.57 Å². The van der Waals surface area contributed by atoms with E-state index in [9.17, 15) is 13.6 Å². The van der Waals surface area contributed by atoms with E-state index in [0.29, 0.717) is 12.2 Å². The van der Waals surface area contributed by atoms with Crippen molar-refractivity contribution in [3.8, 4) is 0 Å². The molecular formula is C16H18F2N2O. The van der Waals surface area contributed by atoms with Crippen LogP contribution < -0.4 is 10.9 Å². The van der Waals surface area contributed by atoms with Crippen molar-refractivity contribution in [1.82, 2.24) is 4.57 Å². The Hall–Kier alpha value is -2.17. The highest BCUT2D eigenvalue weighted by molar-refractivity contribution is 5.43. The van der Waals surface area contributed by atoms with Gasteiger partial charge < -0.3 is 9.88 Å². The summed E-state index contributed by atoms with van der Waals surface area (Å²) in [5, 5.41) is 3.08. The summed E-state index contributed by atoms with van der Waals surface area (Å²) in [7, 11) is 0. The van der Waals surface area contributed by atoms with Crippen LogP contribution in [0.1, 0.15) is 31.0 Å². The average molecular weight is 292 g/mol. The van der Waals surface area contributed by atoms with Gasteiger partial charge in [0.15, 0.2) is 0 Å². The molecule has 2 aromatic rings. The van der Waals surface area contributed by atoms with Gasteiger partial charge in [-0.05, 0) is 44.5 Å². The number of nitrogens with zero attached hydrogens (tertiary/aromatic N) is 1. The van der Waals surface area contributed by atoms with Crippen LogP contribution in [0.4, 0.5) is 14.5 Å². The van der Waals surface area contributed by atoms with Crippen molar-refractivity contribution in [1.29, 1.82) is 0 Å². The molecule has 1 aromatic carbocycles. The van der Waals surface area contributed by atoms with Crippen LogP contribution in [0.25, 0.3) is 0 Å². The molecule has 0 saturated carbocycles. The number of aryl methyl sites for hydroxylation is 2. The Kier molecular flexibility index (Phi) is 4.40. The lowest BCUT2D eigenvalue weighted by molar-refractivity contribution is 0.571. The molecule has 0 spiro atoms. The molecule has 0 aliphatic rings. The number of nitrogens with one attached hydrogen (secondary N) is 1. The van der Waals surface area contributed by atoms with Crippen LogP contribution in [0.15, 0.2) is 35.3 Å². The number of halogens is 2. The first-order chi connectivity index (χ1) is 9.92. The van der Waals surface area contributed by atoms with Gasteiger partial charge in [0.1, 0.15) is 11.6 Å². The number of pyridine rings is 1. The predicted molar refractivity (Wildman–Crippen MR) is 79.5 cm³/mol. The van der Waals surface area contributed by atoms with E-state index in [2.05, 4.69) is 5.32 Å². The molecule has 1 aromatic heterocycles. The van der Waals surface area contributed by atoms with Gasteiger partial charge in [-0.25, -0.2) is 8.78 Å². The minimum Gasteiger partial charge on any atom is -0.377 e. The highest BCUT2D eigenvalue weighted by atomic mass is 19.1. The number of aromatic nitrogens is 1. The van der Waals surface area contributed by atoms with E-state index < -0.39 is 17.7 Å². The SMILES string of the molecule is CCn1cc(NC(C)c2cc(F)c(C)cc2F)ccc1=O. The zero-order chi connectivity index (χ0) is 15.6. The van der Waals surface area contributed by atoms with E-state index in [1.165, 1.54) is 25.1 Å². The number of hydrogen-bond donors (Lipinski definition) is 1. The van der Waals surface area contributed by atoms with Gasteiger partial charge in [0.05, 0.1) is 11.7 Å². The van der Waals surface area contributed by atoms with Gasteiger partial charge in [0.25, 0.3) is 5.56 Å². The standard InChI is InChI=1S/C16H18F2N2O/c1-4-20-9-12(5-6-16(20)21)19-11(3)13-8-14(17)10(2)7-15(13)18/h5-9,11,19H,4H2,1-3H3. The topological polar surface area (TPSA) is 34.0 Å². The summed E-state index contributed by atoms with van der Waals surface area (Å²) < 4.78 is 29.1. The molecule has 0 radical (unpaired) electrons. The molecule has 1 heterocycles. The van der Waals surface area contributed by atoms with Gasteiger partial charge in [-0.15, -0.1) is 0 Å². The van der Waals surface area contributed by atoms with Crippen LogP contribution in [-0.2, 0) is 6.54 Å². The number of hydrogen-bond acceptors (Lipinski definition) is 2. The molecule has 1 N–H and O–H groups in total. The van der Waals surface area contributed by atoms with Crippen molar-refractivity contribution in [3.05, 3.63) is 63.6 Å². The minimum absolute atomic E-state index is 0.0942. The third-order valence-electron chi connectivity index (χ3n) is 3.45. The Balaban J connectivity index is 2.27. The first-order valence-electron chi connectivity index (χ1n) is 6.85. The summed E-state index contributed by atoms with van der Waals surface area (Å²) in [6.45, 7) is 5.69. The smallest absolute Gasteiger partial charge is 0.250 e. The first-order valence-corrected chi connectivity index (χ1v) is 6.85. The van der Waals surface area contributed by atoms with Crippen molar-refractivity contribution in [2.45, 2.75) is 33.4 Å². The van der Waals surface area contributed by atoms with Gasteiger partial charge in [0.2, 0.25) is 0 Å². The molecule has 5 heteroatoms. The highest BCUT2D eigenvalue weighted by Gasteiger charge is 2.14. The summed E-state index contributed by atoms with van der Waals surface area (Å²) in [4.78, 5) is 11.5. The monoisotopic (exact) mass is 292 g/mol. The van der Waals surface area contributed by atoms with E-state index in [-0.39, 0.29) is 16.7 Å². The van der Waals surface area contributed by atoms with Crippen molar-refractivity contribution in [2.75, 3.05) is 5.32 Å². The Morgan fingerprint density at radius 1 is 1.24 bits per heavy atom. The van der Waals surface area contributed by atoms with Crippen LogP contribution in [0.3, 0.4) is 0 Å². The largest absolute Gasteiger partial charge is 0.377 e. The van der Waals surface area contributed by atoms with Crippen molar-refractivity contribution < 1.29 is 8.78 Å². The lowest BCUT2D eigenvalue weighted by atomic mass is 10.0. The predicted octanol–water partition coefficient (Wildman–Crippen LogP) is 3.63. The van der Waals surface area contributed by atoms with Crippen LogP contribution >= 0.6 is 0 Å². The number of rotatable bonds is 4. The van der Waals surface area contributed by atoms with E-state index in [4.69, 9.17) is 0 Å². The third-order valence-corrected chi connectivity index (χ3v) is 3.45. The molecule has 0 saturated heterocycles. The summed E-state index contributed by atoms with van der Waals surface area (Å²) in [5.41, 5.74) is 1.13. The zero-order valence-corrected chi connectivity index (χ0v) is 12.3. The minimum atomic E-state index is -0.447. The Morgan fingerprint density at radius 2 is 1.95 bits per heavy atom. The van der Waals surface area contributed by atoms with Gasteiger partial charge in [-0.1, -0.05) is 0 Å². The average Bonchev–Trinajstić information content (AvgIpc) is 2.44. The van der Waals surface area contributed by atoms with Crippen molar-refractivity contribution in [2.24, 2.45) is 0 Å². The summed E-state index contributed by atoms with van der Waals surface area (Å²) in [6, 6.07) is 5.06. The molecule has 21 heavy (non-hydrogen) atoms. The molecule has 0 aliphatic heterocycles. The number of anilines is 1. The van der Waals surface area contributed by atoms with Crippen molar-refractivity contribution >= 4 is 5.69 Å². The van der Waals surface area contributed by atoms with Crippen molar-refractivity contribution in [3.63, 3.8) is 0 Å². The second-order valence-corrected chi connectivity index (χ2v) is 5.03. The molecule has 0 bridgehead atoms. The van der Waals surface area contributed by atoms with E-state index >= 15 is 0 Å². The second kappa shape index (κ2) is 6.08. The van der Waals surface area contributed by atoms with E-state index in [1.807, 2.05) is 6.92 Å². The molecule has 1 atom stereocenters. The van der Waals surface area contributed by atoms with Gasteiger partial charge in [-0.2, -0.15) is 0 Å². The van der Waals surface area contributed by atoms with Gasteiger partial charge in [-0.3, -0.25) is 4.79 Å². The maximum atomic E-state index is 13.9. The lowest BCUT2D eigenvalue weighted by Crippen LogP contribution is -2.18. The quantitative estimate of drug-likeness (QED) is 0.933. The molecule has 2 rings (SSSR count). The fraction of sp³-hybridized carbons (Fsp3) is 0.312. The van der Waals surface area contributed by atoms with E-state index in [1.54, 1.807) is 23.8 Å². The van der Waals surface area contributed by atoms with Gasteiger partial charge >= 0.3 is 0 Å². The molecule has 0 aliphatic carbocycles. The van der Waals surface area contributed by atoms with Crippen LogP contribution in [0.2, 0.25) is 0 Å². The maximum absolute atomic E-state index is 13.9. The van der Waals surface area contributed by atoms with Gasteiger partial charge in [0, 0.05) is 24.4 Å². The maximum Gasteiger partial charge on any atom is 0.250 e. The molecule has 3 nitrogen and oxygen atoms in total. The Morgan fingerprint density at radius 3 is 2.62 bits per heavy atom.